The van der Waals surface area contributed by atoms with Gasteiger partial charge in [0.25, 0.3) is 0 Å². The molecule has 2 amide bonds. The van der Waals surface area contributed by atoms with Crippen LogP contribution < -0.4 is 17.2 Å². The molecular formula is C11H25N5O7. The Bertz CT molecular complexity index is 414. The van der Waals surface area contributed by atoms with Gasteiger partial charge in [-0.2, -0.15) is 0 Å². The monoisotopic (exact) mass is 339 g/mol. The predicted molar refractivity (Wildman–Crippen MR) is 75.7 cm³/mol. The Morgan fingerprint density at radius 3 is 1.57 bits per heavy atom. The smallest absolute Gasteiger partial charge is 0.340 e. The van der Waals surface area contributed by atoms with Crippen molar-refractivity contribution in [1.82, 2.24) is 9.80 Å². The van der Waals surface area contributed by atoms with Crippen molar-refractivity contribution < 1.29 is 33.2 Å². The second-order valence-corrected chi connectivity index (χ2v) is 4.71. The number of hydrogen-bond acceptors (Lipinski definition) is 10. The van der Waals surface area contributed by atoms with E-state index >= 15 is 0 Å². The van der Waals surface area contributed by atoms with E-state index in [1.807, 2.05) is 0 Å². The maximum atomic E-state index is 12.7. The number of carbonyl (C=O) groups excluding carboxylic acids is 1. The third kappa shape index (κ3) is 3.13. The number of urea groups is 1. The summed E-state index contributed by atoms with van der Waals surface area (Å²) in [5, 5.41) is 0. The minimum absolute atomic E-state index is 0.206. The fourth-order valence-electron chi connectivity index (χ4n) is 2.48. The quantitative estimate of drug-likeness (QED) is 0.389. The number of amides is 2. The van der Waals surface area contributed by atoms with Gasteiger partial charge in [-0.1, -0.05) is 0 Å². The Kier molecular flexibility index (Phi) is 6.25. The van der Waals surface area contributed by atoms with E-state index in [1.165, 1.54) is 35.5 Å². The van der Waals surface area contributed by atoms with Crippen LogP contribution in [-0.2, 0) is 28.4 Å². The summed E-state index contributed by atoms with van der Waals surface area (Å²) in [4.78, 5) is 14.8. The van der Waals surface area contributed by atoms with Gasteiger partial charge in [-0.3, -0.25) is 21.9 Å². The largest absolute Gasteiger partial charge is 0.364 e. The Labute approximate surface area is 134 Å². The Hall–Kier alpha value is -1.09. The third-order valence-electron chi connectivity index (χ3n) is 3.23. The van der Waals surface area contributed by atoms with Gasteiger partial charge < -0.3 is 23.7 Å². The lowest BCUT2D eigenvalue weighted by molar-refractivity contribution is -0.468. The molecule has 12 heteroatoms. The van der Waals surface area contributed by atoms with Crippen LogP contribution in [0.5, 0.6) is 0 Å². The molecule has 23 heavy (non-hydrogen) atoms. The average molecular weight is 339 g/mol. The molecule has 1 saturated heterocycles. The Balaban J connectivity index is 3.55. The van der Waals surface area contributed by atoms with Gasteiger partial charge in [0, 0.05) is 35.5 Å². The topological polar surface area (TPSA) is 157 Å². The number of rotatable bonds is 9. The molecule has 136 valence electrons. The molecule has 0 aromatic heterocycles. The minimum atomic E-state index is -2.17. The van der Waals surface area contributed by atoms with Crippen LogP contribution in [0.25, 0.3) is 0 Å². The first-order valence-electron chi connectivity index (χ1n) is 6.49. The number of ether oxygens (including phenoxy) is 6. The van der Waals surface area contributed by atoms with Crippen molar-refractivity contribution in [3.8, 4) is 0 Å². The van der Waals surface area contributed by atoms with E-state index in [1.54, 1.807) is 0 Å². The van der Waals surface area contributed by atoms with Gasteiger partial charge in [0.2, 0.25) is 5.97 Å². The minimum Gasteiger partial charge on any atom is -0.364 e. The van der Waals surface area contributed by atoms with Crippen molar-refractivity contribution in [2.24, 2.45) is 17.2 Å². The van der Waals surface area contributed by atoms with Crippen molar-refractivity contribution in [2.75, 3.05) is 49.0 Å². The number of carbonyl (C=O) groups is 1. The molecule has 1 atom stereocenters. The molecule has 12 nitrogen and oxygen atoms in total. The summed E-state index contributed by atoms with van der Waals surface area (Å²) < 4.78 is 31.7. The van der Waals surface area contributed by atoms with E-state index < -0.39 is 23.8 Å². The molecule has 0 radical (unpaired) electrons. The van der Waals surface area contributed by atoms with E-state index in [0.29, 0.717) is 0 Å². The van der Waals surface area contributed by atoms with Gasteiger partial charge in [0.15, 0.2) is 0 Å². The van der Waals surface area contributed by atoms with Crippen LogP contribution in [0, 0.1) is 0 Å². The molecule has 1 aliphatic rings. The standard InChI is InChI=1S/C11H25N5O7/c1-18-6-15-8(17)16(7-19-2)10(22-5,23-11(12,13)14)9(15,20-3)21-4/h6-7,12-14H2,1-5H3. The second-order valence-electron chi connectivity index (χ2n) is 4.71. The first-order chi connectivity index (χ1) is 10.7. The molecule has 0 aromatic rings. The molecule has 6 N–H and O–H groups in total. The lowest BCUT2D eigenvalue weighted by Gasteiger charge is -2.46. The number of methoxy groups -OCH3 is 5. The molecule has 1 rings (SSSR count). The van der Waals surface area contributed by atoms with Crippen molar-refractivity contribution in [1.29, 1.82) is 0 Å². The van der Waals surface area contributed by atoms with Crippen LogP contribution in [0.15, 0.2) is 0 Å². The molecule has 0 bridgehead atoms. The van der Waals surface area contributed by atoms with Crippen LogP contribution in [0.1, 0.15) is 0 Å². The summed E-state index contributed by atoms with van der Waals surface area (Å²) in [5.41, 5.74) is 16.6. The maximum Gasteiger partial charge on any atom is 0.340 e. The van der Waals surface area contributed by atoms with Crippen LogP contribution in [0.3, 0.4) is 0 Å². The van der Waals surface area contributed by atoms with Crippen LogP contribution in [-0.4, -0.2) is 82.6 Å². The fourth-order valence-corrected chi connectivity index (χ4v) is 2.48. The zero-order valence-corrected chi connectivity index (χ0v) is 13.9. The van der Waals surface area contributed by atoms with Gasteiger partial charge in [-0.05, 0) is 0 Å². The maximum absolute atomic E-state index is 12.7. The number of nitrogens with two attached hydrogens (primary N) is 3. The van der Waals surface area contributed by atoms with Crippen LogP contribution in [0.2, 0.25) is 0 Å². The normalized spacial score (nSPS) is 24.6. The lowest BCUT2D eigenvalue weighted by atomic mass is 10.3. The molecule has 0 aromatic carbocycles. The summed E-state index contributed by atoms with van der Waals surface area (Å²) in [6, 6.07) is -0.636. The summed E-state index contributed by atoms with van der Waals surface area (Å²) >= 11 is 0. The summed E-state index contributed by atoms with van der Waals surface area (Å²) in [6.45, 7) is -0.459. The van der Waals surface area contributed by atoms with Crippen LogP contribution in [0.4, 0.5) is 4.79 Å². The summed E-state index contributed by atoms with van der Waals surface area (Å²) in [7, 11) is 6.55. The van der Waals surface area contributed by atoms with Crippen molar-refractivity contribution in [3.05, 3.63) is 0 Å². The molecule has 1 heterocycles. The van der Waals surface area contributed by atoms with Crippen molar-refractivity contribution in [2.45, 2.75) is 17.8 Å². The Morgan fingerprint density at radius 1 is 0.870 bits per heavy atom. The van der Waals surface area contributed by atoms with E-state index in [0.717, 1.165) is 9.80 Å². The van der Waals surface area contributed by atoms with E-state index in [-0.39, 0.29) is 13.5 Å². The highest BCUT2D eigenvalue weighted by Crippen LogP contribution is 2.45. The highest BCUT2D eigenvalue weighted by molar-refractivity contribution is 5.78. The molecule has 1 unspecified atom stereocenters. The SMILES string of the molecule is COCN1C(=O)N(COC)C(OC)(OC(N)(N)N)C1(OC)OC. The van der Waals surface area contributed by atoms with Gasteiger partial charge in [-0.15, -0.1) is 0 Å². The molecule has 1 aliphatic heterocycles. The van der Waals surface area contributed by atoms with E-state index in [9.17, 15) is 4.79 Å². The average Bonchev–Trinajstić information content (AvgIpc) is 2.66. The van der Waals surface area contributed by atoms with Gasteiger partial charge in [0.05, 0.1) is 0 Å². The predicted octanol–water partition coefficient (Wildman–Crippen LogP) is -2.32. The zero-order chi connectivity index (χ0) is 17.9. The third-order valence-corrected chi connectivity index (χ3v) is 3.23. The first kappa shape index (κ1) is 20.0. The molecule has 1 fully saturated rings. The summed E-state index contributed by atoms with van der Waals surface area (Å²) in [6.07, 6.45) is 0. The van der Waals surface area contributed by atoms with Crippen molar-refractivity contribution >= 4 is 6.03 Å². The van der Waals surface area contributed by atoms with Crippen LogP contribution >= 0.6 is 0 Å². The van der Waals surface area contributed by atoms with Crippen molar-refractivity contribution in [3.63, 3.8) is 0 Å². The van der Waals surface area contributed by atoms with E-state index in [2.05, 4.69) is 0 Å². The lowest BCUT2D eigenvalue weighted by Crippen LogP contribution is -2.74. The highest BCUT2D eigenvalue weighted by Gasteiger charge is 2.74. The molecular weight excluding hydrogens is 314 g/mol. The highest BCUT2D eigenvalue weighted by atomic mass is 16.8. The molecule has 0 spiro atoms. The van der Waals surface area contributed by atoms with Gasteiger partial charge in [-0.25, -0.2) is 14.6 Å². The number of nitrogens with zero attached hydrogens (tertiary/aromatic N) is 2. The van der Waals surface area contributed by atoms with Gasteiger partial charge >= 0.3 is 17.9 Å². The van der Waals surface area contributed by atoms with Gasteiger partial charge in [0.1, 0.15) is 13.5 Å². The number of hydrogen-bond donors (Lipinski definition) is 3. The first-order valence-corrected chi connectivity index (χ1v) is 6.49. The summed E-state index contributed by atoms with van der Waals surface area (Å²) in [5.74, 6) is -6.16. The second kappa shape index (κ2) is 7.21. The fraction of sp³-hybridized carbons (Fsp3) is 0.909. The molecule has 0 aliphatic carbocycles. The zero-order valence-electron chi connectivity index (χ0n) is 13.9. The Morgan fingerprint density at radius 2 is 1.26 bits per heavy atom. The van der Waals surface area contributed by atoms with E-state index in [4.69, 9.17) is 45.6 Å². The molecule has 0 saturated carbocycles.